The molecule has 0 aromatic carbocycles. The molecule has 4 saturated carbocycles. The summed E-state index contributed by atoms with van der Waals surface area (Å²) in [6.07, 6.45) is 15.5. The number of aliphatic hydroxyl groups is 1. The monoisotopic (exact) mass is 462 g/mol. The predicted molar refractivity (Wildman–Crippen MR) is 138 cm³/mol. The van der Waals surface area contributed by atoms with Gasteiger partial charge in [0, 0.05) is 0 Å². The van der Waals surface area contributed by atoms with E-state index in [9.17, 15) is 5.11 Å². The lowest BCUT2D eigenvalue weighted by molar-refractivity contribution is -0.155. The van der Waals surface area contributed by atoms with Gasteiger partial charge >= 0.3 is 0 Å². The van der Waals surface area contributed by atoms with Gasteiger partial charge in [-0.1, -0.05) is 54.4 Å². The lowest BCUT2D eigenvalue weighted by atomic mass is 9.44. The van der Waals surface area contributed by atoms with Crippen molar-refractivity contribution in [2.45, 2.75) is 148 Å². The molecule has 0 aliphatic heterocycles. The molecular weight excluding hydrogens is 408 g/mol. The maximum absolute atomic E-state index is 11.3. The maximum atomic E-state index is 11.3. The Kier molecular flexibility index (Phi) is 6.60. The number of hydrogen-bond donors (Lipinski definition) is 1. The van der Waals surface area contributed by atoms with Crippen molar-refractivity contribution in [1.82, 2.24) is 0 Å². The third kappa shape index (κ3) is 4.09. The normalized spacial score (nSPS) is 47.0. The summed E-state index contributed by atoms with van der Waals surface area (Å²) in [5.41, 5.74) is 0.475. The lowest BCUT2D eigenvalue weighted by Crippen LogP contribution is -2.57. The van der Waals surface area contributed by atoms with Gasteiger partial charge in [0.2, 0.25) is 0 Å². The van der Waals surface area contributed by atoms with Crippen LogP contribution >= 0.6 is 0 Å². The van der Waals surface area contributed by atoms with Crippen LogP contribution in [0.3, 0.4) is 0 Å². The first-order valence-corrected chi connectivity index (χ1v) is 17.1. The third-order valence-corrected chi connectivity index (χ3v) is 16.5. The number of hydrogen-bond acceptors (Lipinski definition) is 2. The molecule has 4 aliphatic carbocycles. The van der Waals surface area contributed by atoms with Crippen molar-refractivity contribution in [3.05, 3.63) is 0 Å². The Morgan fingerprint density at radius 1 is 0.906 bits per heavy atom. The van der Waals surface area contributed by atoms with Crippen LogP contribution in [0.15, 0.2) is 0 Å². The highest BCUT2D eigenvalue weighted by molar-refractivity contribution is 6.74. The fraction of sp³-hybridized carbons (Fsp3) is 1.00. The van der Waals surface area contributed by atoms with E-state index >= 15 is 0 Å². The van der Waals surface area contributed by atoms with Crippen LogP contribution in [0.2, 0.25) is 18.1 Å². The fourth-order valence-corrected chi connectivity index (χ4v) is 10.2. The summed E-state index contributed by atoms with van der Waals surface area (Å²) < 4.78 is 7.12. The van der Waals surface area contributed by atoms with Crippen LogP contribution in [0.25, 0.3) is 0 Å². The molecule has 0 bridgehead atoms. The molecule has 1 unspecified atom stereocenters. The molecule has 3 heteroatoms. The molecule has 186 valence electrons. The van der Waals surface area contributed by atoms with Gasteiger partial charge in [-0.2, -0.15) is 0 Å². The van der Waals surface area contributed by atoms with E-state index in [1.165, 1.54) is 57.8 Å². The fourth-order valence-electron chi connectivity index (χ4n) is 8.73. The first-order chi connectivity index (χ1) is 14.8. The summed E-state index contributed by atoms with van der Waals surface area (Å²) in [4.78, 5) is 0. The molecule has 0 aromatic heterocycles. The van der Waals surface area contributed by atoms with Crippen LogP contribution in [-0.2, 0) is 4.43 Å². The molecule has 8 atom stereocenters. The average molecular weight is 463 g/mol. The summed E-state index contributed by atoms with van der Waals surface area (Å²) in [7, 11) is -1.73. The van der Waals surface area contributed by atoms with Crippen LogP contribution in [0.4, 0.5) is 0 Å². The Labute approximate surface area is 200 Å². The largest absolute Gasteiger partial charge is 0.413 e. The summed E-state index contributed by atoms with van der Waals surface area (Å²) in [6, 6.07) is 0. The van der Waals surface area contributed by atoms with Crippen molar-refractivity contribution < 1.29 is 9.53 Å². The minimum absolute atomic E-state index is 0.293. The summed E-state index contributed by atoms with van der Waals surface area (Å²) >= 11 is 0. The van der Waals surface area contributed by atoms with Crippen LogP contribution in [0.5, 0.6) is 0 Å². The molecule has 0 spiro atoms. The predicted octanol–water partition coefficient (Wildman–Crippen LogP) is 8.34. The molecule has 4 aliphatic rings. The molecule has 0 saturated heterocycles. The average Bonchev–Trinajstić information content (AvgIpc) is 3.02. The zero-order valence-corrected chi connectivity index (χ0v) is 23.7. The van der Waals surface area contributed by atoms with Gasteiger partial charge in [-0.3, -0.25) is 0 Å². The second-order valence-corrected chi connectivity index (χ2v) is 19.4. The van der Waals surface area contributed by atoms with E-state index in [1.54, 1.807) is 0 Å². The molecule has 2 nitrogen and oxygen atoms in total. The summed E-state index contributed by atoms with van der Waals surface area (Å²) in [5.74, 6) is 3.37. The van der Waals surface area contributed by atoms with Gasteiger partial charge in [0.15, 0.2) is 8.32 Å². The van der Waals surface area contributed by atoms with Gasteiger partial charge in [0.1, 0.15) is 0 Å². The number of unbranched alkanes of at least 4 members (excludes halogenated alkanes) is 1. The molecule has 0 radical (unpaired) electrons. The lowest BCUT2D eigenvalue weighted by Gasteiger charge is -2.62. The van der Waals surface area contributed by atoms with Crippen molar-refractivity contribution in [2.75, 3.05) is 0 Å². The van der Waals surface area contributed by atoms with Crippen LogP contribution in [0, 0.1) is 34.5 Å². The molecule has 0 aromatic rings. The highest BCUT2D eigenvalue weighted by Gasteiger charge is 2.62. The van der Waals surface area contributed by atoms with Crippen molar-refractivity contribution in [1.29, 1.82) is 0 Å². The standard InChI is InChI=1S/C29H54O2Si/c1-9-10-16-29(30)19-18-27(5)21(20-29)11-12-22-23-13-14-25(28(23,6)17-15-24(22)27)31-32(7,8)26(2,3)4/h21-25,30H,9-20H2,1-8H3/t21?,22-,23-,24-,25-,27-,28-,29+/m0/s1. The minimum atomic E-state index is -1.73. The Bertz CT molecular complexity index is 683. The number of rotatable bonds is 5. The second kappa shape index (κ2) is 8.37. The zero-order valence-electron chi connectivity index (χ0n) is 22.7. The SMILES string of the molecule is CCCC[C@@]1(O)CC[C@@]2(C)C(CC[C@H]3[C@@H]4CC[C@H](O[Si](C)(C)C(C)(C)C)[C@@]4(C)CC[C@@H]32)C1. The van der Waals surface area contributed by atoms with Crippen LogP contribution in [0.1, 0.15) is 119 Å². The van der Waals surface area contributed by atoms with E-state index in [1.807, 2.05) is 0 Å². The van der Waals surface area contributed by atoms with E-state index < -0.39 is 8.32 Å². The molecule has 0 heterocycles. The molecule has 4 rings (SSSR count). The third-order valence-electron chi connectivity index (χ3n) is 12.0. The number of fused-ring (bicyclic) bond motifs is 5. The van der Waals surface area contributed by atoms with Gasteiger partial charge in [0.25, 0.3) is 0 Å². The molecule has 0 amide bonds. The molecule has 1 N–H and O–H groups in total. The highest BCUT2D eigenvalue weighted by atomic mass is 28.4. The molecule has 32 heavy (non-hydrogen) atoms. The van der Waals surface area contributed by atoms with Gasteiger partial charge in [0.05, 0.1) is 11.7 Å². The van der Waals surface area contributed by atoms with Crippen molar-refractivity contribution in [2.24, 2.45) is 34.5 Å². The van der Waals surface area contributed by atoms with Crippen molar-refractivity contribution >= 4 is 8.32 Å². The Hall–Kier alpha value is 0.137. The second-order valence-electron chi connectivity index (χ2n) is 14.7. The highest BCUT2D eigenvalue weighted by Crippen LogP contribution is 2.67. The first-order valence-electron chi connectivity index (χ1n) is 14.2. The van der Waals surface area contributed by atoms with E-state index in [-0.39, 0.29) is 5.60 Å². The van der Waals surface area contributed by atoms with Crippen LogP contribution < -0.4 is 0 Å². The molecular formula is C29H54O2Si. The smallest absolute Gasteiger partial charge is 0.192 e. The molecule has 4 fully saturated rings. The summed E-state index contributed by atoms with van der Waals surface area (Å²) in [6.45, 7) is 19.6. The van der Waals surface area contributed by atoms with Crippen LogP contribution in [-0.4, -0.2) is 25.1 Å². The van der Waals surface area contributed by atoms with E-state index in [2.05, 4.69) is 54.6 Å². The zero-order chi connectivity index (χ0) is 23.6. The Morgan fingerprint density at radius 3 is 2.25 bits per heavy atom. The van der Waals surface area contributed by atoms with E-state index in [0.29, 0.717) is 22.0 Å². The van der Waals surface area contributed by atoms with E-state index in [0.717, 1.165) is 42.9 Å². The van der Waals surface area contributed by atoms with Crippen molar-refractivity contribution in [3.63, 3.8) is 0 Å². The minimum Gasteiger partial charge on any atom is -0.413 e. The maximum Gasteiger partial charge on any atom is 0.192 e. The van der Waals surface area contributed by atoms with Gasteiger partial charge in [-0.25, -0.2) is 0 Å². The van der Waals surface area contributed by atoms with Gasteiger partial charge in [-0.15, -0.1) is 0 Å². The van der Waals surface area contributed by atoms with E-state index in [4.69, 9.17) is 4.43 Å². The quantitative estimate of drug-likeness (QED) is 0.416. The Morgan fingerprint density at radius 2 is 1.59 bits per heavy atom. The van der Waals surface area contributed by atoms with Gasteiger partial charge in [-0.05, 0) is 117 Å². The van der Waals surface area contributed by atoms with Crippen molar-refractivity contribution in [3.8, 4) is 0 Å². The summed E-state index contributed by atoms with van der Waals surface area (Å²) in [5, 5.41) is 11.6. The first kappa shape index (κ1) is 25.2. The van der Waals surface area contributed by atoms with Gasteiger partial charge < -0.3 is 9.53 Å². The Balaban J connectivity index is 1.49. The topological polar surface area (TPSA) is 29.5 Å².